The summed E-state index contributed by atoms with van der Waals surface area (Å²) in [5.74, 6) is 0. The maximum atomic E-state index is 2.44. The van der Waals surface area contributed by atoms with Gasteiger partial charge in [0.05, 0.1) is 8.07 Å². The SMILES string of the molecule is CC[Si](CC)(CC)C(C)/C=C\c1ccccc1. The van der Waals surface area contributed by atoms with Gasteiger partial charge in [0.2, 0.25) is 0 Å². The van der Waals surface area contributed by atoms with E-state index in [1.54, 1.807) is 0 Å². The minimum Gasteiger partial charge on any atom is -0.0837 e. The third kappa shape index (κ3) is 3.57. The average Bonchev–Trinajstić information content (AvgIpc) is 2.40. The molecule has 0 bridgehead atoms. The van der Waals surface area contributed by atoms with Crippen LogP contribution in [0, 0.1) is 0 Å². The molecule has 0 aliphatic rings. The number of benzene rings is 1. The van der Waals surface area contributed by atoms with Gasteiger partial charge in [-0.3, -0.25) is 0 Å². The molecular weight excluding hydrogens is 220 g/mol. The Morgan fingerprint density at radius 3 is 2.00 bits per heavy atom. The number of rotatable bonds is 6. The molecule has 1 atom stereocenters. The van der Waals surface area contributed by atoms with Crippen molar-refractivity contribution in [3.8, 4) is 0 Å². The van der Waals surface area contributed by atoms with Crippen LogP contribution in [0.15, 0.2) is 36.4 Å². The Balaban J connectivity index is 2.77. The molecule has 0 amide bonds. The Morgan fingerprint density at radius 2 is 1.53 bits per heavy atom. The highest BCUT2D eigenvalue weighted by Crippen LogP contribution is 2.34. The molecule has 1 heteroatoms. The Kier molecular flexibility index (Phi) is 5.70. The molecule has 0 spiro atoms. The molecule has 0 aliphatic heterocycles. The monoisotopic (exact) mass is 246 g/mol. The first kappa shape index (κ1) is 14.2. The van der Waals surface area contributed by atoms with E-state index < -0.39 is 8.07 Å². The van der Waals surface area contributed by atoms with Crippen molar-refractivity contribution in [2.45, 2.75) is 51.4 Å². The fourth-order valence-electron chi connectivity index (χ4n) is 2.74. The second-order valence-electron chi connectivity index (χ2n) is 4.98. The van der Waals surface area contributed by atoms with Crippen LogP contribution in [0.5, 0.6) is 0 Å². The normalized spacial score (nSPS) is 14.1. The van der Waals surface area contributed by atoms with Gasteiger partial charge in [0.1, 0.15) is 0 Å². The van der Waals surface area contributed by atoms with Crippen LogP contribution in [0.4, 0.5) is 0 Å². The van der Waals surface area contributed by atoms with Crippen LogP contribution in [0.25, 0.3) is 6.08 Å². The summed E-state index contributed by atoms with van der Waals surface area (Å²) in [6.07, 6.45) is 4.74. The van der Waals surface area contributed by atoms with Gasteiger partial charge in [-0.15, -0.1) is 0 Å². The summed E-state index contributed by atoms with van der Waals surface area (Å²) in [4.78, 5) is 0. The van der Waals surface area contributed by atoms with Crippen LogP contribution >= 0.6 is 0 Å². The van der Waals surface area contributed by atoms with Crippen LogP contribution in [-0.4, -0.2) is 8.07 Å². The number of hydrogen-bond acceptors (Lipinski definition) is 0. The van der Waals surface area contributed by atoms with E-state index in [9.17, 15) is 0 Å². The molecule has 0 fully saturated rings. The quantitative estimate of drug-likeness (QED) is 0.573. The lowest BCUT2D eigenvalue weighted by atomic mass is 10.2. The van der Waals surface area contributed by atoms with E-state index in [1.807, 2.05) is 0 Å². The summed E-state index contributed by atoms with van der Waals surface area (Å²) < 4.78 is 0. The smallest absolute Gasteiger partial charge is 0.0593 e. The van der Waals surface area contributed by atoms with Crippen LogP contribution in [-0.2, 0) is 0 Å². The van der Waals surface area contributed by atoms with Gasteiger partial charge in [0.15, 0.2) is 0 Å². The first-order valence-corrected chi connectivity index (χ1v) is 9.61. The summed E-state index contributed by atoms with van der Waals surface area (Å²) in [6, 6.07) is 14.8. The van der Waals surface area contributed by atoms with Crippen molar-refractivity contribution in [1.82, 2.24) is 0 Å². The number of hydrogen-bond donors (Lipinski definition) is 0. The molecule has 1 unspecified atom stereocenters. The molecule has 1 rings (SSSR count). The zero-order chi connectivity index (χ0) is 12.7. The van der Waals surface area contributed by atoms with Crippen molar-refractivity contribution in [1.29, 1.82) is 0 Å². The summed E-state index contributed by atoms with van der Waals surface area (Å²) in [7, 11) is -1.06. The second kappa shape index (κ2) is 6.80. The third-order valence-electron chi connectivity index (χ3n) is 4.46. The molecule has 17 heavy (non-hydrogen) atoms. The first-order chi connectivity index (χ1) is 8.18. The standard InChI is InChI=1S/C16H26Si/c1-5-17(6-2,7-3)15(4)13-14-16-11-9-8-10-12-16/h8-15H,5-7H2,1-4H3/b14-13-. The molecule has 0 nitrogen and oxygen atoms in total. The average molecular weight is 246 g/mol. The van der Waals surface area contributed by atoms with Crippen molar-refractivity contribution in [2.75, 3.05) is 0 Å². The fraction of sp³-hybridized carbons (Fsp3) is 0.500. The number of allylic oxidation sites excluding steroid dienone is 1. The lowest BCUT2D eigenvalue weighted by molar-refractivity contribution is 1.02. The van der Waals surface area contributed by atoms with E-state index in [1.165, 1.54) is 23.7 Å². The highest BCUT2D eigenvalue weighted by molar-refractivity contribution is 6.81. The van der Waals surface area contributed by atoms with E-state index in [0.717, 1.165) is 5.54 Å². The van der Waals surface area contributed by atoms with Crippen LogP contribution < -0.4 is 0 Å². The molecule has 0 N–H and O–H groups in total. The minimum absolute atomic E-state index is 0.780. The lowest BCUT2D eigenvalue weighted by Crippen LogP contribution is -2.35. The van der Waals surface area contributed by atoms with Gasteiger partial charge in [-0.2, -0.15) is 0 Å². The molecular formula is C16H26Si. The van der Waals surface area contributed by atoms with E-state index in [-0.39, 0.29) is 0 Å². The Morgan fingerprint density at radius 1 is 1.00 bits per heavy atom. The van der Waals surface area contributed by atoms with Crippen molar-refractivity contribution in [2.24, 2.45) is 0 Å². The zero-order valence-corrected chi connectivity index (χ0v) is 12.7. The van der Waals surface area contributed by atoms with Gasteiger partial charge in [0.25, 0.3) is 0 Å². The van der Waals surface area contributed by atoms with Gasteiger partial charge in [0, 0.05) is 0 Å². The first-order valence-electron chi connectivity index (χ1n) is 6.91. The summed E-state index contributed by atoms with van der Waals surface area (Å²) in [6.45, 7) is 9.56. The topological polar surface area (TPSA) is 0 Å². The predicted octanol–water partition coefficient (Wildman–Crippen LogP) is 5.60. The van der Waals surface area contributed by atoms with Gasteiger partial charge >= 0.3 is 0 Å². The molecule has 1 aromatic rings. The molecule has 0 radical (unpaired) electrons. The van der Waals surface area contributed by atoms with Crippen LogP contribution in [0.1, 0.15) is 33.3 Å². The van der Waals surface area contributed by atoms with Gasteiger partial charge < -0.3 is 0 Å². The molecule has 0 heterocycles. The Hall–Kier alpha value is -0.823. The van der Waals surface area contributed by atoms with Crippen molar-refractivity contribution >= 4 is 14.1 Å². The van der Waals surface area contributed by atoms with Crippen molar-refractivity contribution in [3.63, 3.8) is 0 Å². The fourth-order valence-corrected chi connectivity index (χ4v) is 6.68. The molecule has 0 saturated heterocycles. The summed E-state index contributed by atoms with van der Waals surface area (Å²) in [5.41, 5.74) is 2.10. The molecule has 94 valence electrons. The van der Waals surface area contributed by atoms with Crippen LogP contribution in [0.3, 0.4) is 0 Å². The predicted molar refractivity (Wildman–Crippen MR) is 82.1 cm³/mol. The highest BCUT2D eigenvalue weighted by atomic mass is 28.3. The summed E-state index contributed by atoms with van der Waals surface area (Å²) >= 11 is 0. The Labute approximate surface area is 108 Å². The van der Waals surface area contributed by atoms with Crippen LogP contribution in [0.2, 0.25) is 23.7 Å². The largest absolute Gasteiger partial charge is 0.0837 e. The summed E-state index contributed by atoms with van der Waals surface area (Å²) in [5, 5.41) is 0. The van der Waals surface area contributed by atoms with E-state index >= 15 is 0 Å². The molecule has 0 aromatic heterocycles. The van der Waals surface area contributed by atoms with Crippen molar-refractivity contribution in [3.05, 3.63) is 42.0 Å². The Bertz CT molecular complexity index is 328. The van der Waals surface area contributed by atoms with Crippen molar-refractivity contribution < 1.29 is 0 Å². The maximum absolute atomic E-state index is 2.44. The van der Waals surface area contributed by atoms with E-state index in [0.29, 0.717) is 0 Å². The molecule has 0 saturated carbocycles. The van der Waals surface area contributed by atoms with Gasteiger partial charge in [-0.1, -0.05) is 88.3 Å². The lowest BCUT2D eigenvalue weighted by Gasteiger charge is -2.33. The van der Waals surface area contributed by atoms with Gasteiger partial charge in [-0.05, 0) is 11.1 Å². The van der Waals surface area contributed by atoms with Gasteiger partial charge in [-0.25, -0.2) is 0 Å². The highest BCUT2D eigenvalue weighted by Gasteiger charge is 2.31. The van der Waals surface area contributed by atoms with E-state index in [4.69, 9.17) is 0 Å². The zero-order valence-electron chi connectivity index (χ0n) is 11.7. The third-order valence-corrected chi connectivity index (χ3v) is 10.8. The minimum atomic E-state index is -1.06. The molecule has 1 aromatic carbocycles. The second-order valence-corrected chi connectivity index (χ2v) is 10.7. The maximum Gasteiger partial charge on any atom is 0.0593 e. The van der Waals surface area contributed by atoms with E-state index in [2.05, 4.69) is 70.2 Å². The molecule has 0 aliphatic carbocycles.